The highest BCUT2D eigenvalue weighted by Gasteiger charge is 2.15. The number of rotatable bonds is 4. The van der Waals surface area contributed by atoms with E-state index in [2.05, 4.69) is 20.4 Å². The smallest absolute Gasteiger partial charge is 0.253 e. The molecule has 0 radical (unpaired) electrons. The monoisotopic (exact) mass is 261 g/mol. The summed E-state index contributed by atoms with van der Waals surface area (Å²) in [5, 5.41) is 6.80. The quantitative estimate of drug-likeness (QED) is 0.876. The minimum atomic E-state index is -0.234. The Labute approximate surface area is 110 Å². The molecule has 2 aromatic heterocycles. The van der Waals surface area contributed by atoms with Crippen molar-refractivity contribution in [1.29, 1.82) is 0 Å². The minimum absolute atomic E-state index is 0.217. The molecule has 0 aliphatic rings. The predicted molar refractivity (Wildman–Crippen MR) is 67.7 cm³/mol. The Morgan fingerprint density at radius 2 is 2.21 bits per heavy atom. The largest absolute Gasteiger partial charge is 0.481 e. The van der Waals surface area contributed by atoms with Crippen LogP contribution in [0.5, 0.6) is 5.88 Å². The van der Waals surface area contributed by atoms with E-state index in [-0.39, 0.29) is 11.9 Å². The van der Waals surface area contributed by atoms with E-state index in [4.69, 9.17) is 4.74 Å². The average molecular weight is 261 g/mol. The van der Waals surface area contributed by atoms with Crippen LogP contribution in [-0.4, -0.2) is 32.8 Å². The van der Waals surface area contributed by atoms with E-state index in [9.17, 15) is 4.79 Å². The number of aryl methyl sites for hydroxylation is 1. The molecule has 19 heavy (non-hydrogen) atoms. The van der Waals surface area contributed by atoms with Crippen LogP contribution in [0.4, 0.5) is 0 Å². The third-order valence-corrected chi connectivity index (χ3v) is 2.69. The summed E-state index contributed by atoms with van der Waals surface area (Å²) in [6.07, 6.45) is 2.92. The first kappa shape index (κ1) is 13.0. The van der Waals surface area contributed by atoms with Crippen molar-refractivity contribution >= 4 is 5.91 Å². The number of amides is 1. The summed E-state index contributed by atoms with van der Waals surface area (Å²) in [5.41, 5.74) is 0.467. The van der Waals surface area contributed by atoms with Gasteiger partial charge in [0.25, 0.3) is 5.91 Å². The maximum atomic E-state index is 12.0. The van der Waals surface area contributed by atoms with Crippen LogP contribution in [0.15, 0.2) is 24.7 Å². The summed E-state index contributed by atoms with van der Waals surface area (Å²) in [5.74, 6) is 0.943. The van der Waals surface area contributed by atoms with Gasteiger partial charge in [-0.3, -0.25) is 9.48 Å². The molecule has 0 saturated carbocycles. The number of ether oxygens (including phenoxy) is 1. The summed E-state index contributed by atoms with van der Waals surface area (Å²) in [6.45, 7) is 1.85. The van der Waals surface area contributed by atoms with Crippen molar-refractivity contribution < 1.29 is 9.53 Å². The number of hydrogen-bond donors (Lipinski definition) is 1. The molecule has 2 rings (SSSR count). The van der Waals surface area contributed by atoms with Crippen molar-refractivity contribution in [2.24, 2.45) is 7.05 Å². The number of carbonyl (C=O) groups excluding carboxylic acids is 1. The Morgan fingerprint density at radius 1 is 1.42 bits per heavy atom. The lowest BCUT2D eigenvalue weighted by Gasteiger charge is -2.12. The van der Waals surface area contributed by atoms with Gasteiger partial charge in [0.15, 0.2) is 0 Å². The van der Waals surface area contributed by atoms with Gasteiger partial charge in [0.1, 0.15) is 12.2 Å². The maximum absolute atomic E-state index is 12.0. The lowest BCUT2D eigenvalue weighted by atomic mass is 10.2. The molecule has 1 atom stereocenters. The van der Waals surface area contributed by atoms with Gasteiger partial charge in [-0.1, -0.05) is 0 Å². The molecule has 1 amide bonds. The summed E-state index contributed by atoms with van der Waals surface area (Å²) < 4.78 is 6.56. The van der Waals surface area contributed by atoms with Crippen LogP contribution in [0, 0.1) is 0 Å². The summed E-state index contributed by atoms with van der Waals surface area (Å²) >= 11 is 0. The van der Waals surface area contributed by atoms with E-state index in [0.29, 0.717) is 17.3 Å². The standard InChI is InChI=1S/C12H15N5O2/c1-8(11-14-7-15-17(11)2)16-12(18)9-4-5-10(19-3)13-6-9/h4-8H,1-3H3,(H,16,18)/t8-/m1/s1. The first-order valence-corrected chi connectivity index (χ1v) is 5.76. The number of methoxy groups -OCH3 is 1. The SMILES string of the molecule is COc1ccc(C(=O)N[C@H](C)c2ncnn2C)cn1. The lowest BCUT2D eigenvalue weighted by Crippen LogP contribution is -2.28. The second-order valence-corrected chi connectivity index (χ2v) is 4.03. The molecule has 0 saturated heterocycles. The molecule has 0 aromatic carbocycles. The molecule has 0 fully saturated rings. The zero-order valence-electron chi connectivity index (χ0n) is 11.0. The first-order chi connectivity index (χ1) is 9.11. The third-order valence-electron chi connectivity index (χ3n) is 2.69. The van der Waals surface area contributed by atoms with Crippen molar-refractivity contribution in [3.8, 4) is 5.88 Å². The Hall–Kier alpha value is -2.44. The van der Waals surface area contributed by atoms with Crippen molar-refractivity contribution in [3.63, 3.8) is 0 Å². The maximum Gasteiger partial charge on any atom is 0.253 e. The highest BCUT2D eigenvalue weighted by molar-refractivity contribution is 5.94. The van der Waals surface area contributed by atoms with E-state index in [1.54, 1.807) is 23.9 Å². The van der Waals surface area contributed by atoms with Gasteiger partial charge in [0.2, 0.25) is 5.88 Å². The number of carbonyl (C=O) groups is 1. The van der Waals surface area contributed by atoms with E-state index in [1.165, 1.54) is 19.6 Å². The van der Waals surface area contributed by atoms with Gasteiger partial charge in [0, 0.05) is 19.3 Å². The van der Waals surface area contributed by atoms with Gasteiger partial charge in [-0.15, -0.1) is 0 Å². The molecule has 100 valence electrons. The highest BCUT2D eigenvalue weighted by atomic mass is 16.5. The van der Waals surface area contributed by atoms with E-state index >= 15 is 0 Å². The van der Waals surface area contributed by atoms with Crippen LogP contribution in [0.1, 0.15) is 29.1 Å². The second kappa shape index (κ2) is 5.47. The third kappa shape index (κ3) is 2.87. The minimum Gasteiger partial charge on any atom is -0.481 e. The van der Waals surface area contributed by atoms with Gasteiger partial charge >= 0.3 is 0 Å². The van der Waals surface area contributed by atoms with Crippen LogP contribution in [0.2, 0.25) is 0 Å². The molecule has 2 aromatic rings. The molecule has 2 heterocycles. The fourth-order valence-corrected chi connectivity index (χ4v) is 1.68. The zero-order valence-corrected chi connectivity index (χ0v) is 11.0. The fourth-order valence-electron chi connectivity index (χ4n) is 1.68. The van der Waals surface area contributed by atoms with E-state index in [0.717, 1.165) is 0 Å². The van der Waals surface area contributed by atoms with Gasteiger partial charge in [0.05, 0.1) is 18.7 Å². The van der Waals surface area contributed by atoms with Gasteiger partial charge in [-0.25, -0.2) is 9.97 Å². The normalized spacial score (nSPS) is 11.9. The Kier molecular flexibility index (Phi) is 3.74. The van der Waals surface area contributed by atoms with Crippen LogP contribution in [0.25, 0.3) is 0 Å². The first-order valence-electron chi connectivity index (χ1n) is 5.76. The Morgan fingerprint density at radius 3 is 2.74 bits per heavy atom. The van der Waals surface area contributed by atoms with Gasteiger partial charge in [-0.05, 0) is 13.0 Å². The molecule has 0 aliphatic carbocycles. The molecule has 7 heteroatoms. The number of nitrogens with zero attached hydrogens (tertiary/aromatic N) is 4. The Bertz CT molecular complexity index is 564. The fraction of sp³-hybridized carbons (Fsp3) is 0.333. The molecule has 0 aliphatic heterocycles. The van der Waals surface area contributed by atoms with E-state index in [1.807, 2.05) is 6.92 Å². The molecule has 0 bridgehead atoms. The topological polar surface area (TPSA) is 81.9 Å². The number of aromatic nitrogens is 4. The zero-order chi connectivity index (χ0) is 13.8. The predicted octanol–water partition coefficient (Wildman–Crippen LogP) is 0.710. The molecular weight excluding hydrogens is 246 g/mol. The molecule has 1 N–H and O–H groups in total. The van der Waals surface area contributed by atoms with Crippen molar-refractivity contribution in [2.75, 3.05) is 7.11 Å². The van der Waals surface area contributed by atoms with Crippen LogP contribution in [0.3, 0.4) is 0 Å². The summed E-state index contributed by atoms with van der Waals surface area (Å²) in [7, 11) is 3.30. The lowest BCUT2D eigenvalue weighted by molar-refractivity contribution is 0.0937. The van der Waals surface area contributed by atoms with Crippen molar-refractivity contribution in [2.45, 2.75) is 13.0 Å². The molecule has 7 nitrogen and oxygen atoms in total. The van der Waals surface area contributed by atoms with Gasteiger partial charge < -0.3 is 10.1 Å². The summed E-state index contributed by atoms with van der Waals surface area (Å²) in [4.78, 5) is 20.1. The number of hydrogen-bond acceptors (Lipinski definition) is 5. The number of pyridine rings is 1. The molecule has 0 unspecified atom stereocenters. The van der Waals surface area contributed by atoms with Crippen LogP contribution >= 0.6 is 0 Å². The van der Waals surface area contributed by atoms with E-state index < -0.39 is 0 Å². The van der Waals surface area contributed by atoms with Crippen LogP contribution < -0.4 is 10.1 Å². The molecular formula is C12H15N5O2. The number of nitrogens with one attached hydrogen (secondary N) is 1. The Balaban J connectivity index is 2.06. The molecule has 0 spiro atoms. The average Bonchev–Trinajstić information content (AvgIpc) is 2.85. The van der Waals surface area contributed by atoms with Gasteiger partial charge in [-0.2, -0.15) is 5.10 Å². The van der Waals surface area contributed by atoms with Crippen molar-refractivity contribution in [1.82, 2.24) is 25.1 Å². The van der Waals surface area contributed by atoms with Crippen LogP contribution in [-0.2, 0) is 7.05 Å². The van der Waals surface area contributed by atoms with Crippen molar-refractivity contribution in [3.05, 3.63) is 36.0 Å². The summed E-state index contributed by atoms with van der Waals surface area (Å²) in [6, 6.07) is 3.06. The highest BCUT2D eigenvalue weighted by Crippen LogP contribution is 2.10. The second-order valence-electron chi connectivity index (χ2n) is 4.03.